The van der Waals surface area contributed by atoms with Crippen molar-refractivity contribution in [1.29, 1.82) is 0 Å². The molecule has 2 N–H and O–H groups in total. The minimum absolute atomic E-state index is 0.0233. The van der Waals surface area contributed by atoms with Gasteiger partial charge in [-0.15, -0.1) is 0 Å². The summed E-state index contributed by atoms with van der Waals surface area (Å²) >= 11 is 0. The first-order valence-corrected chi connectivity index (χ1v) is 6.53. The summed E-state index contributed by atoms with van der Waals surface area (Å²) in [6.07, 6.45) is 4.58. The molecular formula is C15H20N4. The number of nitrogens with zero attached hydrogens (tertiary/aromatic N) is 3. The second kappa shape index (κ2) is 6.29. The Morgan fingerprint density at radius 3 is 2.63 bits per heavy atom. The third-order valence-electron chi connectivity index (χ3n) is 3.16. The van der Waals surface area contributed by atoms with E-state index in [9.17, 15) is 0 Å². The van der Waals surface area contributed by atoms with Crippen molar-refractivity contribution in [3.63, 3.8) is 0 Å². The van der Waals surface area contributed by atoms with Gasteiger partial charge in [-0.25, -0.2) is 0 Å². The van der Waals surface area contributed by atoms with E-state index in [0.29, 0.717) is 0 Å². The lowest BCUT2D eigenvalue weighted by atomic mass is 10.1. The van der Waals surface area contributed by atoms with Crippen molar-refractivity contribution in [2.45, 2.75) is 25.9 Å². The topological polar surface area (TPSA) is 55.0 Å². The Balaban J connectivity index is 2.05. The summed E-state index contributed by atoms with van der Waals surface area (Å²) in [6.45, 7) is 2.83. The molecule has 0 spiro atoms. The van der Waals surface area contributed by atoms with Crippen molar-refractivity contribution in [2.75, 3.05) is 11.9 Å². The van der Waals surface area contributed by atoms with E-state index in [1.165, 1.54) is 0 Å². The molecule has 2 aromatic rings. The highest BCUT2D eigenvalue weighted by molar-refractivity contribution is 5.44. The van der Waals surface area contributed by atoms with Crippen molar-refractivity contribution in [3.8, 4) is 0 Å². The van der Waals surface area contributed by atoms with E-state index in [1.54, 1.807) is 0 Å². The van der Waals surface area contributed by atoms with E-state index in [-0.39, 0.29) is 6.04 Å². The minimum atomic E-state index is 0.0233. The van der Waals surface area contributed by atoms with Gasteiger partial charge in [-0.2, -0.15) is 0 Å². The first-order valence-electron chi connectivity index (χ1n) is 6.53. The molecule has 0 aromatic carbocycles. The highest BCUT2D eigenvalue weighted by Gasteiger charge is 2.07. The lowest BCUT2D eigenvalue weighted by molar-refractivity contribution is 0.675. The molecule has 0 fully saturated rings. The van der Waals surface area contributed by atoms with Crippen LogP contribution < -0.4 is 10.6 Å². The van der Waals surface area contributed by atoms with Crippen LogP contribution in [0.2, 0.25) is 0 Å². The monoisotopic (exact) mass is 256 g/mol. The molecule has 2 aromatic heterocycles. The highest BCUT2D eigenvalue weighted by atomic mass is 15.1. The number of rotatable bonds is 5. The SMILES string of the molecule is CC[C@H](N)c1ccc(N(C)Cc2ccccn2)cn1. The van der Waals surface area contributed by atoms with Crippen LogP contribution in [0.15, 0.2) is 42.7 Å². The van der Waals surface area contributed by atoms with Crippen molar-refractivity contribution < 1.29 is 0 Å². The van der Waals surface area contributed by atoms with E-state index in [0.717, 1.165) is 30.0 Å². The maximum atomic E-state index is 5.96. The maximum Gasteiger partial charge on any atom is 0.0599 e. The maximum absolute atomic E-state index is 5.96. The fourth-order valence-corrected chi connectivity index (χ4v) is 1.88. The number of pyridine rings is 2. The van der Waals surface area contributed by atoms with Gasteiger partial charge >= 0.3 is 0 Å². The van der Waals surface area contributed by atoms with E-state index in [4.69, 9.17) is 5.73 Å². The van der Waals surface area contributed by atoms with Gasteiger partial charge in [-0.3, -0.25) is 9.97 Å². The molecule has 100 valence electrons. The van der Waals surface area contributed by atoms with E-state index < -0.39 is 0 Å². The Bertz CT molecular complexity index is 495. The molecule has 0 saturated carbocycles. The minimum Gasteiger partial charge on any atom is -0.367 e. The smallest absolute Gasteiger partial charge is 0.0599 e. The second-order valence-corrected chi connectivity index (χ2v) is 4.63. The zero-order valence-corrected chi connectivity index (χ0v) is 11.5. The van der Waals surface area contributed by atoms with Gasteiger partial charge in [0.05, 0.1) is 29.8 Å². The van der Waals surface area contributed by atoms with Gasteiger partial charge in [0.25, 0.3) is 0 Å². The number of anilines is 1. The van der Waals surface area contributed by atoms with Crippen LogP contribution in [0.3, 0.4) is 0 Å². The summed E-state index contributed by atoms with van der Waals surface area (Å²) in [5.74, 6) is 0. The quantitative estimate of drug-likeness (QED) is 0.893. The Morgan fingerprint density at radius 1 is 1.21 bits per heavy atom. The van der Waals surface area contributed by atoms with Crippen molar-refractivity contribution >= 4 is 5.69 Å². The van der Waals surface area contributed by atoms with Gasteiger partial charge in [0, 0.05) is 19.3 Å². The normalized spacial score (nSPS) is 12.2. The Morgan fingerprint density at radius 2 is 2.05 bits per heavy atom. The number of hydrogen-bond donors (Lipinski definition) is 1. The van der Waals surface area contributed by atoms with Gasteiger partial charge in [0.1, 0.15) is 0 Å². The molecule has 4 heteroatoms. The molecule has 0 radical (unpaired) electrons. The van der Waals surface area contributed by atoms with Crippen LogP contribution in [0.5, 0.6) is 0 Å². The fourth-order valence-electron chi connectivity index (χ4n) is 1.88. The van der Waals surface area contributed by atoms with Gasteiger partial charge in [0.15, 0.2) is 0 Å². The van der Waals surface area contributed by atoms with E-state index in [2.05, 4.69) is 27.9 Å². The van der Waals surface area contributed by atoms with Gasteiger partial charge < -0.3 is 10.6 Å². The summed E-state index contributed by atoms with van der Waals surface area (Å²) in [6, 6.07) is 10.0. The Kier molecular flexibility index (Phi) is 4.47. The van der Waals surface area contributed by atoms with Crippen molar-refractivity contribution in [1.82, 2.24) is 9.97 Å². The second-order valence-electron chi connectivity index (χ2n) is 4.63. The molecule has 1 atom stereocenters. The summed E-state index contributed by atoms with van der Waals surface area (Å²) in [5, 5.41) is 0. The molecule has 2 heterocycles. The van der Waals surface area contributed by atoms with Crippen LogP contribution in [0.1, 0.15) is 30.8 Å². The molecule has 4 nitrogen and oxygen atoms in total. The number of hydrogen-bond acceptors (Lipinski definition) is 4. The summed E-state index contributed by atoms with van der Waals surface area (Å²) in [4.78, 5) is 10.9. The molecule has 0 aliphatic heterocycles. The van der Waals surface area contributed by atoms with Gasteiger partial charge in [0.2, 0.25) is 0 Å². The third-order valence-corrected chi connectivity index (χ3v) is 3.16. The van der Waals surface area contributed by atoms with Crippen molar-refractivity contribution in [2.24, 2.45) is 5.73 Å². The van der Waals surface area contributed by atoms with Gasteiger partial charge in [-0.05, 0) is 30.7 Å². The predicted molar refractivity (Wildman–Crippen MR) is 77.8 cm³/mol. The van der Waals surface area contributed by atoms with Crippen LogP contribution in [-0.4, -0.2) is 17.0 Å². The molecule has 2 rings (SSSR count). The van der Waals surface area contributed by atoms with Crippen LogP contribution in [-0.2, 0) is 6.54 Å². The molecule has 19 heavy (non-hydrogen) atoms. The third kappa shape index (κ3) is 3.51. The average molecular weight is 256 g/mol. The largest absolute Gasteiger partial charge is 0.367 e. The van der Waals surface area contributed by atoms with E-state index in [1.807, 2.05) is 43.7 Å². The molecule has 0 unspecified atom stereocenters. The van der Waals surface area contributed by atoms with Crippen LogP contribution in [0, 0.1) is 0 Å². The van der Waals surface area contributed by atoms with Crippen molar-refractivity contribution in [3.05, 3.63) is 54.1 Å². The Labute approximate surface area is 114 Å². The summed E-state index contributed by atoms with van der Waals surface area (Å²) in [5.41, 5.74) is 9.01. The molecular weight excluding hydrogens is 236 g/mol. The molecule has 0 bridgehead atoms. The molecule has 0 saturated heterocycles. The molecule has 0 aliphatic rings. The predicted octanol–water partition coefficient (Wildman–Crippen LogP) is 2.52. The number of aromatic nitrogens is 2. The van der Waals surface area contributed by atoms with Crippen LogP contribution in [0.4, 0.5) is 5.69 Å². The summed E-state index contributed by atoms with van der Waals surface area (Å²) in [7, 11) is 2.03. The zero-order valence-electron chi connectivity index (χ0n) is 11.5. The lowest BCUT2D eigenvalue weighted by Gasteiger charge is -2.19. The van der Waals surface area contributed by atoms with E-state index >= 15 is 0 Å². The zero-order chi connectivity index (χ0) is 13.7. The van der Waals surface area contributed by atoms with Crippen LogP contribution in [0.25, 0.3) is 0 Å². The first kappa shape index (κ1) is 13.5. The Hall–Kier alpha value is -1.94. The fraction of sp³-hybridized carbons (Fsp3) is 0.333. The van der Waals surface area contributed by atoms with Gasteiger partial charge in [-0.1, -0.05) is 13.0 Å². The first-order chi connectivity index (χ1) is 9.20. The lowest BCUT2D eigenvalue weighted by Crippen LogP contribution is -2.18. The summed E-state index contributed by atoms with van der Waals surface area (Å²) < 4.78 is 0. The molecule has 0 aliphatic carbocycles. The van der Waals surface area contributed by atoms with Crippen LogP contribution >= 0.6 is 0 Å². The standard InChI is InChI=1S/C15H20N4/c1-3-14(16)15-8-7-13(10-18-15)19(2)11-12-6-4-5-9-17-12/h4-10,14H,3,11,16H2,1-2H3/t14-/m0/s1. The average Bonchev–Trinajstić information content (AvgIpc) is 2.47. The highest BCUT2D eigenvalue weighted by Crippen LogP contribution is 2.17. The number of nitrogens with two attached hydrogens (primary N) is 1. The molecule has 0 amide bonds.